The fourth-order valence-electron chi connectivity index (χ4n) is 3.30. The molecule has 0 fully saturated rings. The van der Waals surface area contributed by atoms with Gasteiger partial charge in [-0.3, -0.25) is 0 Å². The number of aromatic nitrogens is 1. The van der Waals surface area contributed by atoms with Crippen molar-refractivity contribution in [3.63, 3.8) is 0 Å². The minimum atomic E-state index is -1.84. The van der Waals surface area contributed by atoms with Gasteiger partial charge in [-0.15, -0.1) is 0 Å². The first kappa shape index (κ1) is 17.6. The van der Waals surface area contributed by atoms with Gasteiger partial charge in [0.15, 0.2) is 0 Å². The first-order valence-corrected chi connectivity index (χ1v) is 11.8. The Balaban J connectivity index is 3.16. The van der Waals surface area contributed by atoms with Crippen LogP contribution < -0.4 is 5.44 Å². The van der Waals surface area contributed by atoms with Crippen molar-refractivity contribution in [3.8, 4) is 0 Å². The molecule has 1 aromatic rings. The number of nitrogens with zero attached hydrogens (tertiary/aromatic N) is 1. The van der Waals surface area contributed by atoms with E-state index in [1.165, 1.54) is 62.4 Å². The van der Waals surface area contributed by atoms with E-state index in [1.807, 2.05) is 6.20 Å². The van der Waals surface area contributed by atoms with Gasteiger partial charge < -0.3 is 0 Å². The van der Waals surface area contributed by atoms with Gasteiger partial charge >= 0.3 is 126 Å². The number of unbranched alkanes of at least 4 members (excludes halogenated alkanes) is 3. The van der Waals surface area contributed by atoms with Crippen LogP contribution in [0.15, 0.2) is 24.4 Å². The molecule has 20 heavy (non-hydrogen) atoms. The van der Waals surface area contributed by atoms with Crippen molar-refractivity contribution in [1.29, 1.82) is 0 Å². The van der Waals surface area contributed by atoms with Crippen LogP contribution in [0.25, 0.3) is 0 Å². The van der Waals surface area contributed by atoms with Gasteiger partial charge in [0, 0.05) is 0 Å². The van der Waals surface area contributed by atoms with E-state index in [2.05, 4.69) is 45.6 Å². The average molecular weight is 295 g/mol. The van der Waals surface area contributed by atoms with Crippen LogP contribution >= 0.6 is 6.60 Å². The second kappa shape index (κ2) is 8.13. The summed E-state index contributed by atoms with van der Waals surface area (Å²) in [4.78, 5) is 4.84. The van der Waals surface area contributed by atoms with Gasteiger partial charge in [-0.1, -0.05) is 0 Å². The van der Waals surface area contributed by atoms with Crippen LogP contribution in [0.5, 0.6) is 0 Å². The maximum absolute atomic E-state index is 4.84. The molecular weight excluding hydrogens is 261 g/mol. The summed E-state index contributed by atoms with van der Waals surface area (Å²) in [7, 11) is 0. The fraction of sp³-hybridized carbons (Fsp3) is 0.722. The summed E-state index contributed by atoms with van der Waals surface area (Å²) in [5, 5.41) is 0. The van der Waals surface area contributed by atoms with E-state index in [0.29, 0.717) is 0 Å². The summed E-state index contributed by atoms with van der Waals surface area (Å²) >= 11 is 0. The topological polar surface area (TPSA) is 12.9 Å². The van der Waals surface area contributed by atoms with Crippen LogP contribution in [-0.4, -0.2) is 30.1 Å². The SMILES string of the molecule is CCCCP(C)(CCCC)(CCCC)c1ccccn1. The van der Waals surface area contributed by atoms with Crippen molar-refractivity contribution in [1.82, 2.24) is 4.98 Å². The molecule has 0 aliphatic rings. The van der Waals surface area contributed by atoms with E-state index < -0.39 is 6.60 Å². The molecule has 1 aromatic heterocycles. The summed E-state index contributed by atoms with van der Waals surface area (Å²) < 4.78 is 0. The van der Waals surface area contributed by atoms with Gasteiger partial charge in [0.2, 0.25) is 0 Å². The molecular formula is C18H34NP. The molecule has 0 saturated carbocycles. The van der Waals surface area contributed by atoms with E-state index >= 15 is 0 Å². The first-order valence-electron chi connectivity index (χ1n) is 8.51. The molecule has 0 aromatic carbocycles. The van der Waals surface area contributed by atoms with Gasteiger partial charge in [-0.25, -0.2) is 0 Å². The van der Waals surface area contributed by atoms with Crippen molar-refractivity contribution < 1.29 is 0 Å². The second-order valence-corrected chi connectivity index (χ2v) is 13.2. The number of rotatable bonds is 10. The molecule has 0 radical (unpaired) electrons. The molecule has 116 valence electrons. The standard InChI is InChI=1S/C18H34NP/c1-5-8-15-20(4,16-9-6-2,17-10-7-3)18-13-11-12-14-19-18/h11-14H,5-10,15-17H2,1-4H3. The van der Waals surface area contributed by atoms with Gasteiger partial charge in [-0.05, 0) is 0 Å². The van der Waals surface area contributed by atoms with Gasteiger partial charge in [0.25, 0.3) is 0 Å². The predicted octanol–water partition coefficient (Wildman–Crippen LogP) is 5.29. The molecule has 1 rings (SSSR count). The van der Waals surface area contributed by atoms with Crippen LogP contribution in [0.3, 0.4) is 0 Å². The summed E-state index contributed by atoms with van der Waals surface area (Å²) in [6.45, 7) is 7.75. The molecule has 0 bridgehead atoms. The molecule has 1 heterocycles. The normalized spacial score (nSPS) is 13.9. The van der Waals surface area contributed by atoms with Crippen LogP contribution in [-0.2, 0) is 0 Å². The van der Waals surface area contributed by atoms with Crippen LogP contribution in [0, 0.1) is 0 Å². The molecule has 0 atom stereocenters. The molecule has 1 nitrogen and oxygen atoms in total. The fourth-order valence-corrected chi connectivity index (χ4v) is 9.35. The summed E-state index contributed by atoms with van der Waals surface area (Å²) in [6, 6.07) is 6.57. The van der Waals surface area contributed by atoms with Crippen molar-refractivity contribution in [3.05, 3.63) is 24.4 Å². The molecule has 0 aliphatic carbocycles. The Morgan fingerprint density at radius 2 is 1.35 bits per heavy atom. The Morgan fingerprint density at radius 1 is 0.850 bits per heavy atom. The minimum absolute atomic E-state index is 1.30. The zero-order valence-electron chi connectivity index (χ0n) is 14.1. The van der Waals surface area contributed by atoms with Crippen LogP contribution in [0.4, 0.5) is 0 Å². The quantitative estimate of drug-likeness (QED) is 0.534. The van der Waals surface area contributed by atoms with Crippen LogP contribution in [0.1, 0.15) is 59.3 Å². The molecule has 2 heteroatoms. The summed E-state index contributed by atoms with van der Waals surface area (Å²) in [5.74, 6) is 0. The van der Waals surface area contributed by atoms with Crippen molar-refractivity contribution in [2.75, 3.05) is 25.2 Å². The van der Waals surface area contributed by atoms with Crippen molar-refractivity contribution in [2.45, 2.75) is 59.3 Å². The zero-order valence-corrected chi connectivity index (χ0v) is 15.0. The van der Waals surface area contributed by atoms with E-state index in [9.17, 15) is 0 Å². The average Bonchev–Trinajstić information content (AvgIpc) is 2.50. The molecule has 0 spiro atoms. The summed E-state index contributed by atoms with van der Waals surface area (Å²) in [6.07, 6.45) is 14.2. The molecule has 0 aliphatic heterocycles. The third kappa shape index (κ3) is 4.29. The Hall–Kier alpha value is -0.420. The van der Waals surface area contributed by atoms with Gasteiger partial charge in [0.05, 0.1) is 0 Å². The van der Waals surface area contributed by atoms with Crippen molar-refractivity contribution >= 4 is 12.0 Å². The Morgan fingerprint density at radius 3 is 1.70 bits per heavy atom. The molecule has 0 N–H and O–H groups in total. The Kier molecular flexibility index (Phi) is 7.17. The number of hydrogen-bond donors (Lipinski definition) is 0. The predicted molar refractivity (Wildman–Crippen MR) is 96.0 cm³/mol. The molecule has 0 saturated heterocycles. The summed E-state index contributed by atoms with van der Waals surface area (Å²) in [5.41, 5.74) is 1.45. The van der Waals surface area contributed by atoms with Gasteiger partial charge in [0.1, 0.15) is 0 Å². The van der Waals surface area contributed by atoms with E-state index in [-0.39, 0.29) is 0 Å². The Labute approximate surface area is 126 Å². The number of hydrogen-bond acceptors (Lipinski definition) is 1. The van der Waals surface area contributed by atoms with Crippen LogP contribution in [0.2, 0.25) is 0 Å². The monoisotopic (exact) mass is 295 g/mol. The second-order valence-electron chi connectivity index (χ2n) is 6.74. The molecule has 0 amide bonds. The van der Waals surface area contributed by atoms with Crippen molar-refractivity contribution in [2.24, 2.45) is 0 Å². The Bertz CT molecular complexity index is 350. The third-order valence-electron chi connectivity index (χ3n) is 4.85. The third-order valence-corrected chi connectivity index (χ3v) is 11.4. The van der Waals surface area contributed by atoms with E-state index in [0.717, 1.165) is 0 Å². The molecule has 0 unspecified atom stereocenters. The maximum atomic E-state index is 4.84. The van der Waals surface area contributed by atoms with Gasteiger partial charge in [-0.2, -0.15) is 0 Å². The van der Waals surface area contributed by atoms with E-state index in [4.69, 9.17) is 4.98 Å². The zero-order chi connectivity index (χ0) is 14.9. The number of pyridine rings is 1. The first-order chi connectivity index (χ1) is 9.59. The van der Waals surface area contributed by atoms with E-state index in [1.54, 1.807) is 0 Å².